The highest BCUT2D eigenvalue weighted by Crippen LogP contribution is 2.28. The van der Waals surface area contributed by atoms with Gasteiger partial charge in [-0.15, -0.1) is 0 Å². The van der Waals surface area contributed by atoms with E-state index in [1.807, 2.05) is 11.5 Å². The summed E-state index contributed by atoms with van der Waals surface area (Å²) in [4.78, 5) is 29.9. The molecule has 0 bridgehead atoms. The Hall–Kier alpha value is -2.49. The van der Waals surface area contributed by atoms with Crippen molar-refractivity contribution in [2.24, 2.45) is 17.8 Å². The van der Waals surface area contributed by atoms with Gasteiger partial charge in [0.15, 0.2) is 0 Å². The molecule has 1 aromatic heterocycles. The molecule has 8 nitrogen and oxygen atoms in total. The second kappa shape index (κ2) is 12.2. The summed E-state index contributed by atoms with van der Waals surface area (Å²) in [7, 11) is -3.77. The van der Waals surface area contributed by atoms with Crippen LogP contribution >= 0.6 is 0 Å². The quantitative estimate of drug-likeness (QED) is 0.432. The molecule has 3 aliphatic rings. The van der Waals surface area contributed by atoms with Crippen LogP contribution < -0.4 is 5.43 Å². The van der Waals surface area contributed by atoms with E-state index >= 15 is 0 Å². The number of allylic oxidation sites excluding steroid dienone is 2. The van der Waals surface area contributed by atoms with E-state index in [-0.39, 0.29) is 39.7 Å². The van der Waals surface area contributed by atoms with E-state index in [0.717, 1.165) is 38.5 Å². The monoisotopic (exact) mass is 569 g/mol. The number of pyridine rings is 1. The van der Waals surface area contributed by atoms with Crippen molar-refractivity contribution in [1.29, 1.82) is 0 Å². The molecule has 2 saturated heterocycles. The largest absolute Gasteiger partial charge is 0.376 e. The normalized spacial score (nSPS) is 25.9. The summed E-state index contributed by atoms with van der Waals surface area (Å²) in [6.07, 6.45) is 11.8. The Bertz CT molecular complexity index is 1420. The van der Waals surface area contributed by atoms with E-state index in [4.69, 9.17) is 4.74 Å². The predicted molar refractivity (Wildman–Crippen MR) is 157 cm³/mol. The lowest BCUT2D eigenvalue weighted by Gasteiger charge is -2.34. The van der Waals surface area contributed by atoms with Crippen molar-refractivity contribution in [3.63, 3.8) is 0 Å². The lowest BCUT2D eigenvalue weighted by molar-refractivity contribution is 0.0482. The summed E-state index contributed by atoms with van der Waals surface area (Å²) in [6, 6.07) is 4.78. The fraction of sp³-hybridized carbons (Fsp3) is 0.613. The molecule has 4 atom stereocenters. The summed E-state index contributed by atoms with van der Waals surface area (Å²) >= 11 is 0. The number of piperidine rings is 1. The minimum atomic E-state index is -3.77. The van der Waals surface area contributed by atoms with Gasteiger partial charge < -0.3 is 14.2 Å². The van der Waals surface area contributed by atoms with Crippen LogP contribution in [0, 0.1) is 17.8 Å². The molecule has 1 aliphatic carbocycles. The number of amides is 1. The lowest BCUT2D eigenvalue weighted by Crippen LogP contribution is -2.43. The van der Waals surface area contributed by atoms with Crippen LogP contribution in [-0.4, -0.2) is 67.0 Å². The average Bonchev–Trinajstić information content (AvgIpc) is 3.46. The third-order valence-electron chi connectivity index (χ3n) is 8.69. The van der Waals surface area contributed by atoms with Crippen molar-refractivity contribution >= 4 is 26.8 Å². The summed E-state index contributed by atoms with van der Waals surface area (Å²) in [5, 5.41) is 0.268. The number of benzene rings is 1. The molecule has 218 valence electrons. The molecule has 2 aromatic rings. The number of hydrogen-bond donors (Lipinski definition) is 0. The molecular weight excluding hydrogens is 526 g/mol. The molecule has 5 rings (SSSR count). The zero-order valence-electron chi connectivity index (χ0n) is 24.0. The number of carbonyl (C=O) groups is 1. The minimum absolute atomic E-state index is 0.0250. The van der Waals surface area contributed by atoms with E-state index in [2.05, 4.69) is 26.0 Å². The molecule has 9 heteroatoms. The molecule has 2 fully saturated rings. The van der Waals surface area contributed by atoms with Crippen molar-refractivity contribution in [2.45, 2.75) is 76.8 Å². The lowest BCUT2D eigenvalue weighted by atomic mass is 9.93. The smallest absolute Gasteiger partial charge is 0.259 e. The van der Waals surface area contributed by atoms with Crippen molar-refractivity contribution in [3.8, 4) is 0 Å². The van der Waals surface area contributed by atoms with Gasteiger partial charge in [-0.05, 0) is 81.4 Å². The first kappa shape index (κ1) is 29.0. The van der Waals surface area contributed by atoms with Crippen molar-refractivity contribution in [2.75, 3.05) is 32.8 Å². The Labute approximate surface area is 238 Å². The van der Waals surface area contributed by atoms with E-state index in [0.29, 0.717) is 50.8 Å². The van der Waals surface area contributed by atoms with Gasteiger partial charge in [0.25, 0.3) is 5.91 Å². The second-order valence-corrected chi connectivity index (χ2v) is 14.0. The molecular formula is C31H43N3O5S. The van der Waals surface area contributed by atoms with Crippen LogP contribution in [-0.2, 0) is 21.3 Å². The van der Waals surface area contributed by atoms with E-state index in [1.54, 1.807) is 27.5 Å². The number of nitrogens with zero attached hydrogens (tertiary/aromatic N) is 3. The molecule has 0 unspecified atom stereocenters. The van der Waals surface area contributed by atoms with Crippen molar-refractivity contribution in [3.05, 3.63) is 52.3 Å². The predicted octanol–water partition coefficient (Wildman–Crippen LogP) is 4.67. The van der Waals surface area contributed by atoms with Crippen LogP contribution in [0.25, 0.3) is 10.9 Å². The first-order valence-corrected chi connectivity index (χ1v) is 16.3. The Kier molecular flexibility index (Phi) is 8.83. The molecule has 2 aliphatic heterocycles. The van der Waals surface area contributed by atoms with Gasteiger partial charge in [-0.1, -0.05) is 26.0 Å². The van der Waals surface area contributed by atoms with Gasteiger partial charge >= 0.3 is 0 Å². The average molecular weight is 570 g/mol. The van der Waals surface area contributed by atoms with E-state index in [9.17, 15) is 18.0 Å². The van der Waals surface area contributed by atoms with Gasteiger partial charge in [0.05, 0.1) is 16.5 Å². The topological polar surface area (TPSA) is 88.9 Å². The highest BCUT2D eigenvalue weighted by atomic mass is 32.2. The minimum Gasteiger partial charge on any atom is -0.376 e. The number of fused-ring (bicyclic) bond motifs is 1. The Morgan fingerprint density at radius 3 is 2.52 bits per heavy atom. The zero-order chi connectivity index (χ0) is 28.4. The molecule has 0 spiro atoms. The standard InChI is InChI=1S/C31H43N3O5S/c1-4-32-21-28(31(36)33(20-25-11-8-14-39-25)19-24-9-6-5-7-10-24)30(35)27-16-26(12-13-29(27)32)40(37,38)34-17-22(2)15-23(3)18-34/h5-6,12-13,16,21-25H,4,7-11,14-15,17-20H2,1-3H3/t22-,23-,24+,25-/m0/s1. The van der Waals surface area contributed by atoms with Gasteiger partial charge in [-0.3, -0.25) is 9.59 Å². The van der Waals surface area contributed by atoms with Crippen molar-refractivity contribution in [1.82, 2.24) is 13.8 Å². The summed E-state index contributed by atoms with van der Waals surface area (Å²) in [6.45, 7) is 9.32. The molecule has 0 saturated carbocycles. The Morgan fingerprint density at radius 2 is 1.88 bits per heavy atom. The van der Waals surface area contributed by atoms with Gasteiger partial charge in [-0.25, -0.2) is 8.42 Å². The molecule has 3 heterocycles. The third-order valence-corrected chi connectivity index (χ3v) is 10.5. The number of carbonyl (C=O) groups excluding carboxylic acids is 1. The van der Waals surface area contributed by atoms with Gasteiger partial charge in [0.2, 0.25) is 15.5 Å². The maximum absolute atomic E-state index is 14.1. The maximum atomic E-state index is 14.1. The molecule has 0 radical (unpaired) electrons. The van der Waals surface area contributed by atoms with Gasteiger partial charge in [0.1, 0.15) is 5.56 Å². The van der Waals surface area contributed by atoms with Crippen LogP contribution in [0.1, 0.15) is 69.7 Å². The van der Waals surface area contributed by atoms with Crippen LogP contribution in [0.4, 0.5) is 0 Å². The molecule has 40 heavy (non-hydrogen) atoms. The highest BCUT2D eigenvalue weighted by molar-refractivity contribution is 7.89. The summed E-state index contributed by atoms with van der Waals surface area (Å²) in [5.41, 5.74) is 0.308. The number of aromatic nitrogens is 1. The maximum Gasteiger partial charge on any atom is 0.259 e. The summed E-state index contributed by atoms with van der Waals surface area (Å²) in [5.74, 6) is 0.589. The SMILES string of the molecule is CCn1cc(C(=O)N(C[C@@H]2CC=CCC2)C[C@@H]2CCCO2)c(=O)c2cc(S(=O)(=O)N3C[C@@H](C)C[C@H](C)C3)ccc21. The van der Waals surface area contributed by atoms with Crippen LogP contribution in [0.2, 0.25) is 0 Å². The van der Waals surface area contributed by atoms with Crippen LogP contribution in [0.15, 0.2) is 46.2 Å². The fourth-order valence-corrected chi connectivity index (χ4v) is 8.39. The second-order valence-electron chi connectivity index (χ2n) is 12.1. The van der Waals surface area contributed by atoms with E-state index < -0.39 is 15.5 Å². The number of rotatable bonds is 8. The number of ether oxygens (including phenoxy) is 1. The number of aryl methyl sites for hydroxylation is 1. The Balaban J connectivity index is 1.52. The Morgan fingerprint density at radius 1 is 1.10 bits per heavy atom. The van der Waals surface area contributed by atoms with Crippen LogP contribution in [0.3, 0.4) is 0 Å². The number of sulfonamides is 1. The van der Waals surface area contributed by atoms with Gasteiger partial charge in [0, 0.05) is 50.9 Å². The first-order valence-electron chi connectivity index (χ1n) is 14.9. The summed E-state index contributed by atoms with van der Waals surface area (Å²) < 4.78 is 36.6. The first-order chi connectivity index (χ1) is 19.2. The highest BCUT2D eigenvalue weighted by Gasteiger charge is 2.33. The van der Waals surface area contributed by atoms with E-state index in [1.165, 1.54) is 6.07 Å². The third kappa shape index (κ3) is 6.06. The van der Waals surface area contributed by atoms with Crippen molar-refractivity contribution < 1.29 is 17.9 Å². The number of hydrogen-bond acceptors (Lipinski definition) is 5. The molecule has 1 amide bonds. The molecule has 0 N–H and O–H groups in total. The fourth-order valence-electron chi connectivity index (χ4n) is 6.68. The van der Waals surface area contributed by atoms with Crippen LogP contribution in [0.5, 0.6) is 0 Å². The van der Waals surface area contributed by atoms with Gasteiger partial charge in [-0.2, -0.15) is 4.31 Å². The molecule has 1 aromatic carbocycles. The zero-order valence-corrected chi connectivity index (χ0v) is 24.9.